The molecule has 1 aliphatic carbocycles. The highest BCUT2D eigenvalue weighted by Crippen LogP contribution is 2.47. The van der Waals surface area contributed by atoms with Crippen molar-refractivity contribution in [2.24, 2.45) is 0 Å². The van der Waals surface area contributed by atoms with Gasteiger partial charge in [0, 0.05) is 23.1 Å². The highest BCUT2D eigenvalue weighted by Gasteiger charge is 2.45. The SMILES string of the molecule is O=C1C2=C(CCCC2)C(=O)N1SC(Cl)(Cl)C(Cl)Cl. The molecule has 2 aliphatic rings. The van der Waals surface area contributed by atoms with Gasteiger partial charge in [-0.3, -0.25) is 9.59 Å². The average Bonchev–Trinajstić information content (AvgIpc) is 2.55. The summed E-state index contributed by atoms with van der Waals surface area (Å²) in [4.78, 5) is 23.0. The van der Waals surface area contributed by atoms with Gasteiger partial charge in [-0.2, -0.15) is 0 Å². The minimum absolute atomic E-state index is 0.348. The molecule has 0 fully saturated rings. The molecule has 0 spiro atoms. The first-order valence-corrected chi connectivity index (χ1v) is 7.70. The fourth-order valence-electron chi connectivity index (χ4n) is 1.96. The zero-order chi connectivity index (χ0) is 13.5. The minimum Gasteiger partial charge on any atom is -0.268 e. The third-order valence-electron chi connectivity index (χ3n) is 2.82. The van der Waals surface area contributed by atoms with Crippen molar-refractivity contribution in [3.63, 3.8) is 0 Å². The van der Waals surface area contributed by atoms with Gasteiger partial charge in [0.05, 0.1) is 0 Å². The summed E-state index contributed by atoms with van der Waals surface area (Å²) in [5.74, 6) is -0.696. The van der Waals surface area contributed by atoms with Crippen LogP contribution in [0.25, 0.3) is 0 Å². The number of imide groups is 1. The van der Waals surface area contributed by atoms with Crippen molar-refractivity contribution in [1.82, 2.24) is 4.31 Å². The fourth-order valence-corrected chi connectivity index (χ4v) is 3.32. The van der Waals surface area contributed by atoms with Crippen molar-refractivity contribution >= 4 is 70.2 Å². The molecule has 8 heteroatoms. The Balaban J connectivity index is 2.19. The second-order valence-electron chi connectivity index (χ2n) is 4.02. The molecule has 2 rings (SSSR count). The Hall–Kier alpha value is 0.390. The number of hydrogen-bond donors (Lipinski definition) is 0. The van der Waals surface area contributed by atoms with Crippen LogP contribution in [0.4, 0.5) is 0 Å². The zero-order valence-electron chi connectivity index (χ0n) is 9.09. The smallest absolute Gasteiger partial charge is 0.267 e. The molecule has 0 unspecified atom stereocenters. The molecule has 0 aromatic carbocycles. The Bertz CT molecular complexity index is 408. The summed E-state index contributed by atoms with van der Waals surface area (Å²) in [6.45, 7) is 0. The van der Waals surface area contributed by atoms with Crippen LogP contribution in [0.3, 0.4) is 0 Å². The van der Waals surface area contributed by atoms with Crippen LogP contribution in [0, 0.1) is 0 Å². The molecule has 0 aromatic rings. The number of halogens is 4. The molecule has 0 aromatic heterocycles. The number of carbonyl (C=O) groups excluding carboxylic acids is 2. The summed E-state index contributed by atoms with van der Waals surface area (Å²) in [5.41, 5.74) is 1.15. The van der Waals surface area contributed by atoms with Gasteiger partial charge in [-0.1, -0.05) is 23.2 Å². The zero-order valence-corrected chi connectivity index (χ0v) is 12.9. The maximum absolute atomic E-state index is 12.1. The molecule has 18 heavy (non-hydrogen) atoms. The lowest BCUT2D eigenvalue weighted by Gasteiger charge is -2.24. The summed E-state index contributed by atoms with van der Waals surface area (Å²) in [6.07, 6.45) is 3.08. The number of rotatable bonds is 3. The average molecular weight is 349 g/mol. The molecule has 3 nitrogen and oxygen atoms in total. The van der Waals surface area contributed by atoms with Gasteiger partial charge in [-0.15, -0.1) is 23.2 Å². The van der Waals surface area contributed by atoms with E-state index in [1.807, 2.05) is 0 Å². The summed E-state index contributed by atoms with van der Waals surface area (Å²) in [6, 6.07) is 0. The van der Waals surface area contributed by atoms with E-state index in [-0.39, 0.29) is 11.8 Å². The molecule has 0 saturated heterocycles. The van der Waals surface area contributed by atoms with E-state index < -0.39 is 8.50 Å². The van der Waals surface area contributed by atoms with Gasteiger partial charge >= 0.3 is 0 Å². The lowest BCUT2D eigenvalue weighted by atomic mass is 9.93. The lowest BCUT2D eigenvalue weighted by molar-refractivity contribution is -0.131. The maximum atomic E-state index is 12.1. The van der Waals surface area contributed by atoms with Gasteiger partial charge in [0.1, 0.15) is 0 Å². The first kappa shape index (κ1) is 14.8. The molecule has 1 aliphatic heterocycles. The van der Waals surface area contributed by atoms with E-state index in [4.69, 9.17) is 46.4 Å². The molecular weight excluding hydrogens is 340 g/mol. The maximum Gasteiger partial charge on any atom is 0.267 e. The molecule has 0 radical (unpaired) electrons. The highest BCUT2D eigenvalue weighted by atomic mass is 35.5. The van der Waals surface area contributed by atoms with Crippen molar-refractivity contribution in [2.75, 3.05) is 0 Å². The Morgan fingerprint density at radius 3 is 1.89 bits per heavy atom. The van der Waals surface area contributed by atoms with E-state index in [1.54, 1.807) is 0 Å². The molecule has 0 saturated carbocycles. The first-order valence-electron chi connectivity index (χ1n) is 5.30. The number of nitrogens with zero attached hydrogens (tertiary/aromatic N) is 1. The molecule has 2 amide bonds. The van der Waals surface area contributed by atoms with E-state index in [0.717, 1.165) is 17.1 Å². The van der Waals surface area contributed by atoms with Crippen molar-refractivity contribution < 1.29 is 9.59 Å². The topological polar surface area (TPSA) is 37.4 Å². The quantitative estimate of drug-likeness (QED) is 0.442. The van der Waals surface area contributed by atoms with Gasteiger partial charge in [0.25, 0.3) is 11.8 Å². The summed E-state index contributed by atoms with van der Waals surface area (Å²) < 4.78 is -0.670. The van der Waals surface area contributed by atoms with Gasteiger partial charge in [0.15, 0.2) is 4.84 Å². The molecule has 100 valence electrons. The van der Waals surface area contributed by atoms with Gasteiger partial charge in [-0.05, 0) is 25.7 Å². The Morgan fingerprint density at radius 2 is 1.50 bits per heavy atom. The van der Waals surface area contributed by atoms with Gasteiger partial charge in [0.2, 0.25) is 3.67 Å². The molecule has 0 atom stereocenters. The second kappa shape index (κ2) is 5.41. The lowest BCUT2D eigenvalue weighted by Crippen LogP contribution is -2.32. The van der Waals surface area contributed by atoms with Gasteiger partial charge in [-0.25, -0.2) is 4.31 Å². The van der Waals surface area contributed by atoms with E-state index >= 15 is 0 Å². The summed E-state index contributed by atoms with van der Waals surface area (Å²) >= 11 is 23.6. The van der Waals surface area contributed by atoms with Crippen LogP contribution >= 0.6 is 58.4 Å². The monoisotopic (exact) mass is 347 g/mol. The van der Waals surface area contributed by atoms with E-state index in [0.29, 0.717) is 35.9 Å². The number of alkyl halides is 4. The van der Waals surface area contributed by atoms with E-state index in [1.165, 1.54) is 0 Å². The second-order valence-corrected chi connectivity index (χ2v) is 8.14. The van der Waals surface area contributed by atoms with E-state index in [2.05, 4.69) is 0 Å². The van der Waals surface area contributed by atoms with Crippen LogP contribution in [0.1, 0.15) is 25.7 Å². The standard InChI is InChI=1S/C10H9Cl4NO2S/c11-9(12)10(13,14)18-15-7(16)5-3-1-2-4-6(5)8(15)17/h9H,1-4H2. The van der Waals surface area contributed by atoms with Gasteiger partial charge < -0.3 is 0 Å². The number of amides is 2. The van der Waals surface area contributed by atoms with Crippen molar-refractivity contribution in [3.05, 3.63) is 11.1 Å². The molecule has 1 heterocycles. The van der Waals surface area contributed by atoms with Crippen LogP contribution in [0.5, 0.6) is 0 Å². The van der Waals surface area contributed by atoms with Crippen LogP contribution in [0.2, 0.25) is 0 Å². The van der Waals surface area contributed by atoms with Crippen LogP contribution in [-0.2, 0) is 9.59 Å². The third kappa shape index (κ3) is 2.63. The van der Waals surface area contributed by atoms with Crippen molar-refractivity contribution in [1.29, 1.82) is 0 Å². The molecule has 0 bridgehead atoms. The highest BCUT2D eigenvalue weighted by molar-refractivity contribution is 8.02. The normalized spacial score (nSPS) is 21.1. The summed E-state index contributed by atoms with van der Waals surface area (Å²) in [7, 11) is 0. The van der Waals surface area contributed by atoms with Crippen LogP contribution in [-0.4, -0.2) is 24.6 Å². The Kier molecular flexibility index (Phi) is 4.44. The third-order valence-corrected chi connectivity index (χ3v) is 6.02. The van der Waals surface area contributed by atoms with Crippen LogP contribution < -0.4 is 0 Å². The molecule has 0 N–H and O–H groups in total. The van der Waals surface area contributed by atoms with Crippen LogP contribution in [0.15, 0.2) is 11.1 Å². The Labute approximate surface area is 129 Å². The Morgan fingerprint density at radius 1 is 1.06 bits per heavy atom. The number of hydrogen-bond acceptors (Lipinski definition) is 3. The summed E-state index contributed by atoms with van der Waals surface area (Å²) in [5, 5.41) is 0. The van der Waals surface area contributed by atoms with E-state index in [9.17, 15) is 9.59 Å². The molecular formula is C10H9Cl4NO2S. The fraction of sp³-hybridized carbons (Fsp3) is 0.600. The predicted octanol–water partition coefficient (Wildman–Crippen LogP) is 3.81. The first-order chi connectivity index (χ1) is 8.34. The van der Waals surface area contributed by atoms with Crippen molar-refractivity contribution in [3.8, 4) is 0 Å². The predicted molar refractivity (Wildman–Crippen MR) is 74.9 cm³/mol. The van der Waals surface area contributed by atoms with Crippen molar-refractivity contribution in [2.45, 2.75) is 34.2 Å². The minimum atomic E-state index is -1.64. The largest absolute Gasteiger partial charge is 0.268 e. The number of carbonyl (C=O) groups is 2.